The lowest BCUT2D eigenvalue weighted by atomic mass is 9.78. The Bertz CT molecular complexity index is 2690. The standard InChI is InChI=1S/C47H38N2.C4H8.C2H6/c1-3-16-37(33-17-6-4-7-18-33)42-23-14-15-30-47(42,2)49-45-25-13-11-22-39(45)41-32-35(27-29-46(41)49)34-26-28-44-40(31-34)38-21-10-12-24-43(38)48(44)36-19-8-5-9-20-36;1-3-4-2;1-2/h3-14,16-29,31-32H,15,30H2,1-2H3;3-4H,1-2H3;1-2H3/b16-3-,42-37+;4-3-;. The van der Waals surface area contributed by atoms with Crippen molar-refractivity contribution < 1.29 is 0 Å². The summed E-state index contributed by atoms with van der Waals surface area (Å²) >= 11 is 0. The van der Waals surface area contributed by atoms with Crippen LogP contribution in [0.15, 0.2) is 188 Å². The first kappa shape index (κ1) is 37.2. The van der Waals surface area contributed by atoms with Gasteiger partial charge >= 0.3 is 0 Å². The number of hydrogen-bond donors (Lipinski definition) is 0. The lowest BCUT2D eigenvalue weighted by Gasteiger charge is -2.38. The van der Waals surface area contributed by atoms with E-state index in [0.717, 1.165) is 12.8 Å². The molecule has 2 heterocycles. The molecule has 0 aliphatic heterocycles. The predicted octanol–water partition coefficient (Wildman–Crippen LogP) is 15.3. The van der Waals surface area contributed by atoms with Crippen molar-refractivity contribution in [2.45, 2.75) is 59.9 Å². The van der Waals surface area contributed by atoms with E-state index in [2.05, 4.69) is 193 Å². The highest BCUT2D eigenvalue weighted by atomic mass is 15.1. The van der Waals surface area contributed by atoms with Crippen LogP contribution in [0.3, 0.4) is 0 Å². The number of fused-ring (bicyclic) bond motifs is 6. The molecule has 1 atom stereocenters. The van der Waals surface area contributed by atoms with Gasteiger partial charge in [0.05, 0.1) is 16.6 Å². The van der Waals surface area contributed by atoms with Crippen LogP contribution in [0.25, 0.3) is 66.0 Å². The van der Waals surface area contributed by atoms with Gasteiger partial charge < -0.3 is 9.13 Å². The Morgan fingerprint density at radius 2 is 1.05 bits per heavy atom. The minimum absolute atomic E-state index is 0.236. The van der Waals surface area contributed by atoms with Crippen LogP contribution in [0.5, 0.6) is 0 Å². The van der Waals surface area contributed by atoms with Crippen molar-refractivity contribution in [1.29, 1.82) is 0 Å². The summed E-state index contributed by atoms with van der Waals surface area (Å²) < 4.78 is 5.01. The molecule has 6 aromatic carbocycles. The van der Waals surface area contributed by atoms with E-state index in [1.807, 2.05) is 39.8 Å². The molecule has 1 unspecified atom stereocenters. The molecule has 0 spiro atoms. The zero-order chi connectivity index (χ0) is 38.4. The van der Waals surface area contributed by atoms with E-state index in [1.54, 1.807) is 0 Å². The van der Waals surface area contributed by atoms with Gasteiger partial charge in [0.1, 0.15) is 0 Å². The topological polar surface area (TPSA) is 9.86 Å². The summed E-state index contributed by atoms with van der Waals surface area (Å²) in [5, 5.41) is 5.13. The maximum atomic E-state index is 2.63. The second-order valence-electron chi connectivity index (χ2n) is 14.1. The molecule has 0 saturated heterocycles. The summed E-state index contributed by atoms with van der Waals surface area (Å²) in [6, 6.07) is 53.3. The van der Waals surface area contributed by atoms with Crippen LogP contribution in [0.1, 0.15) is 59.9 Å². The molecule has 0 bridgehead atoms. The Balaban J connectivity index is 0.000000730. The first-order valence-corrected chi connectivity index (χ1v) is 19.9. The molecule has 0 fully saturated rings. The normalized spacial score (nSPS) is 16.5. The average Bonchev–Trinajstić information content (AvgIpc) is 3.77. The average molecular weight is 717 g/mol. The molecular formula is C53H52N2. The smallest absolute Gasteiger partial charge is 0.0683 e. The van der Waals surface area contributed by atoms with Gasteiger partial charge in [-0.2, -0.15) is 0 Å². The number of nitrogens with zero attached hydrogens (tertiary/aromatic N) is 2. The Morgan fingerprint density at radius 3 is 1.69 bits per heavy atom. The second-order valence-corrected chi connectivity index (χ2v) is 14.1. The molecule has 2 heteroatoms. The molecule has 9 rings (SSSR count). The fraction of sp³-hybridized carbons (Fsp3) is 0.170. The Hall–Kier alpha value is -6.12. The van der Waals surface area contributed by atoms with Gasteiger partial charge in [-0.1, -0.05) is 147 Å². The van der Waals surface area contributed by atoms with Gasteiger partial charge in [-0.05, 0) is 117 Å². The summed E-state index contributed by atoms with van der Waals surface area (Å²) in [5.41, 5.74) is 12.3. The molecule has 2 nitrogen and oxygen atoms in total. The number of para-hydroxylation sites is 3. The van der Waals surface area contributed by atoms with Crippen LogP contribution in [-0.2, 0) is 5.54 Å². The summed E-state index contributed by atoms with van der Waals surface area (Å²) in [4.78, 5) is 0. The van der Waals surface area contributed by atoms with Gasteiger partial charge in [-0.3, -0.25) is 0 Å². The molecule has 274 valence electrons. The fourth-order valence-corrected chi connectivity index (χ4v) is 8.31. The second kappa shape index (κ2) is 16.5. The summed E-state index contributed by atoms with van der Waals surface area (Å²) in [6.07, 6.45) is 15.3. The SMILES string of the molecule is C/C=C\C.C/C=C\C(=C1\C=CCCC1(C)n1c2ccccc2c2cc(-c3ccc4c(c3)c3ccccc3n4-c3ccccc3)ccc21)c1ccccc1.CC. The minimum atomic E-state index is -0.236. The van der Waals surface area contributed by atoms with E-state index in [0.29, 0.717) is 0 Å². The summed E-state index contributed by atoms with van der Waals surface area (Å²) in [6.45, 7) is 12.6. The number of aromatic nitrogens is 2. The number of hydrogen-bond acceptors (Lipinski definition) is 0. The summed E-state index contributed by atoms with van der Waals surface area (Å²) in [7, 11) is 0. The van der Waals surface area contributed by atoms with Crippen molar-refractivity contribution >= 4 is 49.2 Å². The third kappa shape index (κ3) is 6.78. The van der Waals surface area contributed by atoms with Crippen molar-refractivity contribution in [1.82, 2.24) is 9.13 Å². The Labute approximate surface area is 327 Å². The molecule has 0 saturated carbocycles. The van der Waals surface area contributed by atoms with Crippen molar-refractivity contribution in [2.75, 3.05) is 0 Å². The zero-order valence-electron chi connectivity index (χ0n) is 33.1. The van der Waals surface area contributed by atoms with Crippen LogP contribution in [-0.4, -0.2) is 9.13 Å². The molecular weight excluding hydrogens is 665 g/mol. The van der Waals surface area contributed by atoms with E-state index in [9.17, 15) is 0 Å². The van der Waals surface area contributed by atoms with Gasteiger partial charge in [0, 0.05) is 38.3 Å². The van der Waals surface area contributed by atoms with E-state index in [-0.39, 0.29) is 5.54 Å². The van der Waals surface area contributed by atoms with Gasteiger partial charge in [-0.25, -0.2) is 0 Å². The Kier molecular flexibility index (Phi) is 11.2. The number of rotatable bonds is 5. The molecule has 8 aromatic rings. The first-order chi connectivity index (χ1) is 27.1. The van der Waals surface area contributed by atoms with E-state index in [1.165, 1.54) is 77.1 Å². The maximum absolute atomic E-state index is 2.63. The number of benzene rings is 6. The maximum Gasteiger partial charge on any atom is 0.0683 e. The molecule has 0 radical (unpaired) electrons. The largest absolute Gasteiger partial charge is 0.330 e. The van der Waals surface area contributed by atoms with Gasteiger partial charge in [0.2, 0.25) is 0 Å². The highest BCUT2D eigenvalue weighted by molar-refractivity contribution is 6.12. The van der Waals surface area contributed by atoms with E-state index >= 15 is 0 Å². The van der Waals surface area contributed by atoms with Crippen molar-refractivity contribution in [3.63, 3.8) is 0 Å². The molecule has 1 aliphatic carbocycles. The molecule has 2 aromatic heterocycles. The van der Waals surface area contributed by atoms with E-state index < -0.39 is 0 Å². The van der Waals surface area contributed by atoms with Gasteiger partial charge in [-0.15, -0.1) is 0 Å². The lowest BCUT2D eigenvalue weighted by Crippen LogP contribution is -2.34. The van der Waals surface area contributed by atoms with Gasteiger partial charge in [0.25, 0.3) is 0 Å². The monoisotopic (exact) mass is 716 g/mol. The predicted molar refractivity (Wildman–Crippen MR) is 241 cm³/mol. The number of allylic oxidation sites excluding steroid dienone is 8. The fourth-order valence-electron chi connectivity index (χ4n) is 8.31. The van der Waals surface area contributed by atoms with Crippen LogP contribution in [0.4, 0.5) is 0 Å². The molecule has 55 heavy (non-hydrogen) atoms. The highest BCUT2D eigenvalue weighted by Gasteiger charge is 2.35. The van der Waals surface area contributed by atoms with Crippen LogP contribution in [0, 0.1) is 0 Å². The first-order valence-electron chi connectivity index (χ1n) is 19.9. The molecule has 1 aliphatic rings. The van der Waals surface area contributed by atoms with Gasteiger partial charge in [0.15, 0.2) is 0 Å². The van der Waals surface area contributed by atoms with Crippen molar-refractivity contribution in [3.8, 4) is 16.8 Å². The van der Waals surface area contributed by atoms with Crippen LogP contribution >= 0.6 is 0 Å². The molecule has 0 N–H and O–H groups in total. The third-order valence-corrected chi connectivity index (χ3v) is 10.9. The zero-order valence-corrected chi connectivity index (χ0v) is 33.1. The quantitative estimate of drug-likeness (QED) is 0.157. The van der Waals surface area contributed by atoms with E-state index in [4.69, 9.17) is 0 Å². The van der Waals surface area contributed by atoms with Crippen LogP contribution in [0.2, 0.25) is 0 Å². The third-order valence-electron chi connectivity index (χ3n) is 10.9. The van der Waals surface area contributed by atoms with Crippen molar-refractivity contribution in [2.24, 2.45) is 0 Å². The minimum Gasteiger partial charge on any atom is -0.330 e. The van der Waals surface area contributed by atoms with Crippen molar-refractivity contribution in [3.05, 3.63) is 193 Å². The van der Waals surface area contributed by atoms with Crippen LogP contribution < -0.4 is 0 Å². The Morgan fingerprint density at radius 1 is 0.545 bits per heavy atom. The summed E-state index contributed by atoms with van der Waals surface area (Å²) in [5.74, 6) is 0. The molecule has 0 amide bonds. The lowest BCUT2D eigenvalue weighted by molar-refractivity contribution is 0.379. The highest BCUT2D eigenvalue weighted by Crippen LogP contribution is 2.46.